The number of nitrogens with zero attached hydrogens (tertiary/aromatic N) is 1. The van der Waals surface area contributed by atoms with Gasteiger partial charge >= 0.3 is 0 Å². The number of nitrogens with two attached hydrogens (primary N) is 1. The van der Waals surface area contributed by atoms with Crippen LogP contribution in [0.15, 0.2) is 52.9 Å². The molecule has 0 amide bonds. The molecule has 0 bridgehead atoms. The van der Waals surface area contributed by atoms with Crippen LogP contribution in [0.5, 0.6) is 0 Å². The van der Waals surface area contributed by atoms with Crippen molar-refractivity contribution in [1.29, 1.82) is 0 Å². The van der Waals surface area contributed by atoms with Gasteiger partial charge in [-0.25, -0.2) is 4.98 Å². The maximum Gasteiger partial charge on any atom is 0.221 e. The van der Waals surface area contributed by atoms with Crippen LogP contribution in [0.25, 0.3) is 11.1 Å². The summed E-state index contributed by atoms with van der Waals surface area (Å²) in [7, 11) is 0. The van der Waals surface area contributed by atoms with Crippen LogP contribution in [0.3, 0.4) is 0 Å². The van der Waals surface area contributed by atoms with E-state index in [2.05, 4.69) is 4.98 Å². The maximum atomic E-state index is 5.69. The molecular formula is C15H14N2O2. The van der Waals surface area contributed by atoms with Crippen LogP contribution in [0.2, 0.25) is 0 Å². The van der Waals surface area contributed by atoms with Gasteiger partial charge in [-0.05, 0) is 17.7 Å². The summed E-state index contributed by atoms with van der Waals surface area (Å²) in [5, 5.41) is 0. The topological polar surface area (TPSA) is 61.3 Å². The van der Waals surface area contributed by atoms with Crippen LogP contribution < -0.4 is 5.73 Å². The second-order valence-electron chi connectivity index (χ2n) is 4.31. The van der Waals surface area contributed by atoms with Gasteiger partial charge in [-0.1, -0.05) is 30.3 Å². The van der Waals surface area contributed by atoms with Gasteiger partial charge in [0.1, 0.15) is 12.1 Å². The molecule has 1 heterocycles. The third kappa shape index (κ3) is 2.74. The molecule has 1 aromatic heterocycles. The smallest absolute Gasteiger partial charge is 0.221 e. The molecule has 3 aromatic rings. The van der Waals surface area contributed by atoms with Crippen molar-refractivity contribution in [1.82, 2.24) is 4.98 Å². The van der Waals surface area contributed by atoms with E-state index in [0.717, 1.165) is 11.1 Å². The lowest BCUT2D eigenvalue weighted by molar-refractivity contribution is 0.0907. The second-order valence-corrected chi connectivity index (χ2v) is 4.31. The first-order chi connectivity index (χ1) is 9.31. The molecule has 2 N–H and O–H groups in total. The van der Waals surface area contributed by atoms with Gasteiger partial charge in [-0.3, -0.25) is 0 Å². The van der Waals surface area contributed by atoms with Gasteiger partial charge in [0.15, 0.2) is 5.58 Å². The van der Waals surface area contributed by atoms with Gasteiger partial charge in [0.25, 0.3) is 0 Å². The highest BCUT2D eigenvalue weighted by molar-refractivity contribution is 5.76. The zero-order valence-electron chi connectivity index (χ0n) is 10.4. The third-order valence-corrected chi connectivity index (χ3v) is 2.79. The lowest BCUT2D eigenvalue weighted by Gasteiger charge is -2.00. The second kappa shape index (κ2) is 5.12. The van der Waals surface area contributed by atoms with Crippen LogP contribution in [0.1, 0.15) is 11.5 Å². The predicted octanol–water partition coefficient (Wildman–Crippen LogP) is 3.13. The SMILES string of the molecule is Nc1ccc2nc(COCc3ccccc3)oc2c1. The first-order valence-electron chi connectivity index (χ1n) is 6.08. The standard InChI is InChI=1S/C15H14N2O2/c16-12-6-7-13-14(8-12)19-15(17-13)10-18-9-11-4-2-1-3-5-11/h1-8H,9-10,16H2. The van der Waals surface area contributed by atoms with E-state index in [1.165, 1.54) is 0 Å². The lowest BCUT2D eigenvalue weighted by atomic mass is 10.2. The molecule has 4 heteroatoms. The largest absolute Gasteiger partial charge is 0.438 e. The molecule has 0 spiro atoms. The predicted molar refractivity (Wildman–Crippen MR) is 73.4 cm³/mol. The number of anilines is 1. The van der Waals surface area contributed by atoms with E-state index in [1.807, 2.05) is 36.4 Å². The molecule has 0 aliphatic rings. The Morgan fingerprint density at radius 1 is 1.05 bits per heavy atom. The van der Waals surface area contributed by atoms with E-state index in [1.54, 1.807) is 12.1 Å². The average molecular weight is 254 g/mol. The summed E-state index contributed by atoms with van der Waals surface area (Å²) in [5.41, 5.74) is 8.98. The Morgan fingerprint density at radius 2 is 1.89 bits per heavy atom. The number of rotatable bonds is 4. The molecule has 0 aliphatic heterocycles. The molecule has 96 valence electrons. The van der Waals surface area contributed by atoms with Crippen LogP contribution in [0, 0.1) is 0 Å². The summed E-state index contributed by atoms with van der Waals surface area (Å²) in [6.07, 6.45) is 0. The quantitative estimate of drug-likeness (QED) is 0.726. The zero-order chi connectivity index (χ0) is 13.1. The Bertz CT molecular complexity index is 677. The fourth-order valence-electron chi connectivity index (χ4n) is 1.88. The van der Waals surface area contributed by atoms with Crippen LogP contribution in [-0.4, -0.2) is 4.98 Å². The fourth-order valence-corrected chi connectivity index (χ4v) is 1.88. The molecule has 0 saturated carbocycles. The summed E-state index contributed by atoms with van der Waals surface area (Å²) in [5.74, 6) is 0.566. The number of ether oxygens (including phenoxy) is 1. The number of benzene rings is 2. The van der Waals surface area contributed by atoms with E-state index in [4.69, 9.17) is 14.9 Å². The Morgan fingerprint density at radius 3 is 2.74 bits per heavy atom. The van der Waals surface area contributed by atoms with Gasteiger partial charge in [-0.2, -0.15) is 0 Å². The van der Waals surface area contributed by atoms with Crippen molar-refractivity contribution < 1.29 is 9.15 Å². The molecule has 0 aliphatic carbocycles. The highest BCUT2D eigenvalue weighted by Gasteiger charge is 2.06. The molecule has 19 heavy (non-hydrogen) atoms. The number of fused-ring (bicyclic) bond motifs is 1. The summed E-state index contributed by atoms with van der Waals surface area (Å²) >= 11 is 0. The van der Waals surface area contributed by atoms with Crippen molar-refractivity contribution >= 4 is 16.8 Å². The summed E-state index contributed by atoms with van der Waals surface area (Å²) in [6, 6.07) is 15.4. The van der Waals surface area contributed by atoms with E-state index >= 15 is 0 Å². The van der Waals surface area contributed by atoms with Crippen LogP contribution in [-0.2, 0) is 18.0 Å². The highest BCUT2D eigenvalue weighted by Crippen LogP contribution is 2.19. The Kier molecular flexibility index (Phi) is 3.16. The monoisotopic (exact) mass is 254 g/mol. The van der Waals surface area contributed by atoms with Crippen molar-refractivity contribution in [3.8, 4) is 0 Å². The normalized spacial score (nSPS) is 10.9. The van der Waals surface area contributed by atoms with Gasteiger partial charge in [-0.15, -0.1) is 0 Å². The number of oxazole rings is 1. The minimum absolute atomic E-state index is 0.351. The van der Waals surface area contributed by atoms with Crippen molar-refractivity contribution in [2.75, 3.05) is 5.73 Å². The summed E-state index contributed by atoms with van der Waals surface area (Å²) in [4.78, 5) is 4.34. The molecule has 0 atom stereocenters. The molecular weight excluding hydrogens is 240 g/mol. The van der Waals surface area contributed by atoms with Gasteiger partial charge in [0.05, 0.1) is 6.61 Å². The van der Waals surface area contributed by atoms with Crippen LogP contribution in [0.4, 0.5) is 5.69 Å². The Balaban J connectivity index is 1.65. The highest BCUT2D eigenvalue weighted by atomic mass is 16.5. The van der Waals surface area contributed by atoms with E-state index in [9.17, 15) is 0 Å². The van der Waals surface area contributed by atoms with Crippen LogP contribution >= 0.6 is 0 Å². The molecule has 3 rings (SSSR count). The average Bonchev–Trinajstić information content (AvgIpc) is 2.82. The van der Waals surface area contributed by atoms with Crippen molar-refractivity contribution in [3.63, 3.8) is 0 Å². The maximum absolute atomic E-state index is 5.69. The minimum Gasteiger partial charge on any atom is -0.438 e. The lowest BCUT2D eigenvalue weighted by Crippen LogP contribution is -1.93. The van der Waals surface area contributed by atoms with Crippen molar-refractivity contribution in [3.05, 3.63) is 60.0 Å². The summed E-state index contributed by atoms with van der Waals surface area (Å²) in [6.45, 7) is 0.894. The molecule has 4 nitrogen and oxygen atoms in total. The molecule has 2 aromatic carbocycles. The molecule has 0 fully saturated rings. The van der Waals surface area contributed by atoms with Gasteiger partial charge < -0.3 is 14.9 Å². The fraction of sp³-hybridized carbons (Fsp3) is 0.133. The first-order valence-corrected chi connectivity index (χ1v) is 6.08. The minimum atomic E-state index is 0.351. The van der Waals surface area contributed by atoms with Gasteiger partial charge in [0, 0.05) is 11.8 Å². The first kappa shape index (κ1) is 11.7. The van der Waals surface area contributed by atoms with E-state index in [-0.39, 0.29) is 0 Å². The van der Waals surface area contributed by atoms with Gasteiger partial charge in [0.2, 0.25) is 5.89 Å². The number of hydrogen-bond acceptors (Lipinski definition) is 4. The molecule has 0 saturated heterocycles. The van der Waals surface area contributed by atoms with E-state index in [0.29, 0.717) is 30.4 Å². The number of hydrogen-bond donors (Lipinski definition) is 1. The summed E-state index contributed by atoms with van der Waals surface area (Å²) < 4.78 is 11.1. The zero-order valence-corrected chi connectivity index (χ0v) is 10.4. The van der Waals surface area contributed by atoms with E-state index < -0.39 is 0 Å². The molecule has 0 unspecified atom stereocenters. The third-order valence-electron chi connectivity index (χ3n) is 2.79. The Hall–Kier alpha value is -2.33. The van der Waals surface area contributed by atoms with Crippen molar-refractivity contribution in [2.45, 2.75) is 13.2 Å². The Labute approximate surface area is 110 Å². The molecule has 0 radical (unpaired) electrons. The number of nitrogen functional groups attached to an aromatic ring is 1. The van der Waals surface area contributed by atoms with Crippen molar-refractivity contribution in [2.24, 2.45) is 0 Å². The number of aromatic nitrogens is 1.